The van der Waals surface area contributed by atoms with Gasteiger partial charge >= 0.3 is 0 Å². The molecule has 0 spiro atoms. The Morgan fingerprint density at radius 2 is 1.68 bits per heavy atom. The maximum absolute atomic E-state index is 12.0. The van der Waals surface area contributed by atoms with Gasteiger partial charge in [-0.3, -0.25) is 4.79 Å². The van der Waals surface area contributed by atoms with Crippen LogP contribution < -0.4 is 19.5 Å². The lowest BCUT2D eigenvalue weighted by Crippen LogP contribution is -2.20. The molecule has 1 N–H and O–H groups in total. The number of rotatable bonds is 10. The third-order valence-electron chi connectivity index (χ3n) is 3.57. The van der Waals surface area contributed by atoms with Crippen LogP contribution in [-0.2, 0) is 4.79 Å². The Balaban J connectivity index is 1.78. The van der Waals surface area contributed by atoms with Crippen molar-refractivity contribution >= 4 is 11.6 Å². The number of methoxy groups -OCH3 is 1. The number of carbonyl (C=O) groups is 1. The largest absolute Gasteiger partial charge is 0.497 e. The average molecular weight is 343 g/mol. The highest BCUT2D eigenvalue weighted by atomic mass is 16.5. The molecular weight excluding hydrogens is 318 g/mol. The van der Waals surface area contributed by atoms with Crippen molar-refractivity contribution in [3.8, 4) is 17.2 Å². The summed E-state index contributed by atoms with van der Waals surface area (Å²) in [7, 11) is 1.60. The zero-order chi connectivity index (χ0) is 17.9. The summed E-state index contributed by atoms with van der Waals surface area (Å²) in [6, 6.07) is 14.5. The van der Waals surface area contributed by atoms with Crippen LogP contribution >= 0.6 is 0 Å². The average Bonchev–Trinajstić information content (AvgIpc) is 2.65. The van der Waals surface area contributed by atoms with E-state index < -0.39 is 0 Å². The van der Waals surface area contributed by atoms with E-state index in [-0.39, 0.29) is 12.5 Å². The number of anilines is 1. The van der Waals surface area contributed by atoms with Crippen LogP contribution in [0.15, 0.2) is 48.5 Å². The highest BCUT2D eigenvalue weighted by molar-refractivity contribution is 5.91. The molecule has 0 saturated carbocycles. The molecular formula is C20H25NO4. The Kier molecular flexibility index (Phi) is 7.63. The van der Waals surface area contributed by atoms with Crippen LogP contribution in [0.4, 0.5) is 5.69 Å². The monoisotopic (exact) mass is 343 g/mol. The van der Waals surface area contributed by atoms with Crippen molar-refractivity contribution in [3.05, 3.63) is 48.5 Å². The summed E-state index contributed by atoms with van der Waals surface area (Å²) in [6.45, 7) is 2.78. The number of benzene rings is 2. The summed E-state index contributed by atoms with van der Waals surface area (Å²) < 4.78 is 16.3. The second-order valence-corrected chi connectivity index (χ2v) is 5.60. The van der Waals surface area contributed by atoms with Gasteiger partial charge in [0.1, 0.15) is 17.2 Å². The standard InChI is InChI=1S/C20H25NO4/c1-3-4-5-13-24-18-7-6-8-19(14-18)25-15-20(22)21-16-9-11-17(23-2)12-10-16/h6-12,14H,3-5,13,15H2,1-2H3,(H,21,22). The van der Waals surface area contributed by atoms with Crippen molar-refractivity contribution in [2.75, 3.05) is 25.6 Å². The summed E-state index contributed by atoms with van der Waals surface area (Å²) >= 11 is 0. The van der Waals surface area contributed by atoms with E-state index >= 15 is 0 Å². The molecule has 2 rings (SSSR count). The first-order chi connectivity index (χ1) is 12.2. The summed E-state index contributed by atoms with van der Waals surface area (Å²) in [5, 5.41) is 2.78. The molecule has 2 aromatic rings. The van der Waals surface area contributed by atoms with E-state index in [4.69, 9.17) is 14.2 Å². The Morgan fingerprint density at radius 1 is 0.960 bits per heavy atom. The Hall–Kier alpha value is -2.69. The van der Waals surface area contributed by atoms with Gasteiger partial charge in [-0.15, -0.1) is 0 Å². The topological polar surface area (TPSA) is 56.8 Å². The van der Waals surface area contributed by atoms with Gasteiger partial charge in [-0.05, 0) is 42.8 Å². The number of hydrogen-bond donors (Lipinski definition) is 1. The van der Waals surface area contributed by atoms with Crippen LogP contribution in [0.1, 0.15) is 26.2 Å². The second kappa shape index (κ2) is 10.2. The van der Waals surface area contributed by atoms with Crippen molar-refractivity contribution in [1.82, 2.24) is 0 Å². The molecule has 0 radical (unpaired) electrons. The van der Waals surface area contributed by atoms with E-state index in [1.165, 1.54) is 0 Å². The Morgan fingerprint density at radius 3 is 2.36 bits per heavy atom. The molecule has 0 unspecified atom stereocenters. The number of unbranched alkanes of at least 4 members (excludes halogenated alkanes) is 2. The van der Waals surface area contributed by atoms with Crippen molar-refractivity contribution < 1.29 is 19.0 Å². The number of hydrogen-bond acceptors (Lipinski definition) is 4. The minimum absolute atomic E-state index is 0.0642. The molecule has 2 aromatic carbocycles. The van der Waals surface area contributed by atoms with Gasteiger partial charge in [0, 0.05) is 11.8 Å². The van der Waals surface area contributed by atoms with E-state index in [9.17, 15) is 4.79 Å². The summed E-state index contributed by atoms with van der Waals surface area (Å²) in [5.74, 6) is 1.88. The van der Waals surface area contributed by atoms with E-state index in [0.717, 1.165) is 30.8 Å². The van der Waals surface area contributed by atoms with Gasteiger partial charge in [0.05, 0.1) is 13.7 Å². The van der Waals surface area contributed by atoms with E-state index in [1.54, 1.807) is 43.5 Å². The molecule has 1 amide bonds. The van der Waals surface area contributed by atoms with Crippen LogP contribution in [0.3, 0.4) is 0 Å². The molecule has 0 aliphatic heterocycles. The smallest absolute Gasteiger partial charge is 0.262 e. The van der Waals surface area contributed by atoms with Gasteiger partial charge in [0.15, 0.2) is 6.61 Å². The van der Waals surface area contributed by atoms with Crippen LogP contribution in [0.25, 0.3) is 0 Å². The maximum Gasteiger partial charge on any atom is 0.262 e. The fourth-order valence-corrected chi connectivity index (χ4v) is 2.22. The molecule has 5 heteroatoms. The zero-order valence-electron chi connectivity index (χ0n) is 14.8. The molecule has 0 atom stereocenters. The molecule has 0 heterocycles. The molecule has 0 bridgehead atoms. The van der Waals surface area contributed by atoms with E-state index in [1.807, 2.05) is 12.1 Å². The van der Waals surface area contributed by atoms with Crippen molar-refractivity contribution in [2.24, 2.45) is 0 Å². The van der Waals surface area contributed by atoms with Crippen LogP contribution in [0.2, 0.25) is 0 Å². The van der Waals surface area contributed by atoms with E-state index in [2.05, 4.69) is 12.2 Å². The fraction of sp³-hybridized carbons (Fsp3) is 0.350. The molecule has 0 saturated heterocycles. The fourth-order valence-electron chi connectivity index (χ4n) is 2.22. The highest BCUT2D eigenvalue weighted by Crippen LogP contribution is 2.20. The minimum Gasteiger partial charge on any atom is -0.497 e. The summed E-state index contributed by atoms with van der Waals surface area (Å²) in [4.78, 5) is 12.0. The van der Waals surface area contributed by atoms with Crippen LogP contribution in [0, 0.1) is 0 Å². The quantitative estimate of drug-likeness (QED) is 0.654. The second-order valence-electron chi connectivity index (χ2n) is 5.60. The molecule has 25 heavy (non-hydrogen) atoms. The predicted molar refractivity (Wildman–Crippen MR) is 98.6 cm³/mol. The molecule has 0 fully saturated rings. The van der Waals surface area contributed by atoms with Crippen molar-refractivity contribution in [3.63, 3.8) is 0 Å². The summed E-state index contributed by atoms with van der Waals surface area (Å²) in [6.07, 6.45) is 3.35. The van der Waals surface area contributed by atoms with Crippen molar-refractivity contribution in [2.45, 2.75) is 26.2 Å². The van der Waals surface area contributed by atoms with Gasteiger partial charge in [-0.25, -0.2) is 0 Å². The van der Waals surface area contributed by atoms with Gasteiger partial charge in [0.2, 0.25) is 0 Å². The molecule has 5 nitrogen and oxygen atoms in total. The molecule has 0 aliphatic carbocycles. The number of nitrogens with one attached hydrogen (secondary N) is 1. The van der Waals surface area contributed by atoms with Gasteiger partial charge in [0.25, 0.3) is 5.91 Å². The van der Waals surface area contributed by atoms with E-state index in [0.29, 0.717) is 18.0 Å². The SMILES string of the molecule is CCCCCOc1cccc(OCC(=O)Nc2ccc(OC)cc2)c1. The minimum atomic E-state index is -0.223. The molecule has 134 valence electrons. The Bertz CT molecular complexity index is 655. The van der Waals surface area contributed by atoms with Gasteiger partial charge < -0.3 is 19.5 Å². The number of amides is 1. The third-order valence-corrected chi connectivity index (χ3v) is 3.57. The highest BCUT2D eigenvalue weighted by Gasteiger charge is 2.05. The van der Waals surface area contributed by atoms with Gasteiger partial charge in [-0.1, -0.05) is 25.8 Å². The Labute approximate surface area is 148 Å². The first-order valence-corrected chi connectivity index (χ1v) is 8.51. The van der Waals surface area contributed by atoms with Gasteiger partial charge in [-0.2, -0.15) is 0 Å². The lowest BCUT2D eigenvalue weighted by atomic mass is 10.3. The molecule has 0 aromatic heterocycles. The lowest BCUT2D eigenvalue weighted by molar-refractivity contribution is -0.118. The van der Waals surface area contributed by atoms with Crippen LogP contribution in [-0.4, -0.2) is 26.2 Å². The normalized spacial score (nSPS) is 10.2. The third kappa shape index (κ3) is 6.75. The number of ether oxygens (including phenoxy) is 3. The molecule has 0 aliphatic rings. The first kappa shape index (κ1) is 18.6. The van der Waals surface area contributed by atoms with Crippen LogP contribution in [0.5, 0.6) is 17.2 Å². The summed E-state index contributed by atoms with van der Waals surface area (Å²) in [5.41, 5.74) is 0.697. The predicted octanol–water partition coefficient (Wildman–Crippen LogP) is 4.28. The zero-order valence-corrected chi connectivity index (χ0v) is 14.8. The first-order valence-electron chi connectivity index (χ1n) is 8.51. The lowest BCUT2D eigenvalue weighted by Gasteiger charge is -2.10. The maximum atomic E-state index is 12.0. The van der Waals surface area contributed by atoms with Crippen molar-refractivity contribution in [1.29, 1.82) is 0 Å². The number of carbonyl (C=O) groups excluding carboxylic acids is 1.